The number of aliphatic hydroxyl groups is 1. The highest BCUT2D eigenvalue weighted by Crippen LogP contribution is 2.36. The van der Waals surface area contributed by atoms with Gasteiger partial charge < -0.3 is 19.4 Å². The maximum Gasteiger partial charge on any atom is 0.290 e. The number of aliphatic hydroxyl groups excluding tert-OH is 1. The van der Waals surface area contributed by atoms with E-state index in [1.165, 1.54) is 12.3 Å². The molecule has 1 fully saturated rings. The van der Waals surface area contributed by atoms with E-state index in [1.54, 1.807) is 6.92 Å². The van der Waals surface area contributed by atoms with Crippen molar-refractivity contribution in [2.24, 2.45) is 0 Å². The van der Waals surface area contributed by atoms with Gasteiger partial charge in [-0.2, -0.15) is 0 Å². The van der Waals surface area contributed by atoms with E-state index in [2.05, 4.69) is 20.7 Å². The number of carbonyl (C=O) groups is 1. The Morgan fingerprint density at radius 3 is 2.90 bits per heavy atom. The van der Waals surface area contributed by atoms with Gasteiger partial charge in [-0.15, -0.1) is 10.2 Å². The number of rotatable bonds is 4. The lowest BCUT2D eigenvalue weighted by Gasteiger charge is -2.33. The molecule has 8 heteroatoms. The summed E-state index contributed by atoms with van der Waals surface area (Å²) in [4.78, 5) is 11.7. The molecule has 106 valence electrons. The van der Waals surface area contributed by atoms with Gasteiger partial charge >= 0.3 is 0 Å². The summed E-state index contributed by atoms with van der Waals surface area (Å²) >= 11 is 0. The Hall–Kier alpha value is -2.22. The van der Waals surface area contributed by atoms with Crippen LogP contribution in [0, 0.1) is 0 Å². The third-order valence-corrected chi connectivity index (χ3v) is 3.30. The van der Waals surface area contributed by atoms with Gasteiger partial charge in [0.05, 0.1) is 6.20 Å². The molecule has 1 atom stereocenters. The minimum atomic E-state index is -0.765. The van der Waals surface area contributed by atoms with Crippen molar-refractivity contribution in [2.45, 2.75) is 37.8 Å². The van der Waals surface area contributed by atoms with Gasteiger partial charge in [0.15, 0.2) is 0 Å². The summed E-state index contributed by atoms with van der Waals surface area (Å²) < 4.78 is 10.1. The van der Waals surface area contributed by atoms with Crippen molar-refractivity contribution in [3.63, 3.8) is 0 Å². The van der Waals surface area contributed by atoms with Crippen LogP contribution in [0.4, 0.5) is 0 Å². The Balaban J connectivity index is 1.52. The molecule has 0 spiro atoms. The molecule has 0 radical (unpaired) electrons. The molecule has 3 rings (SSSR count). The van der Waals surface area contributed by atoms with Crippen LogP contribution in [0.25, 0.3) is 0 Å². The van der Waals surface area contributed by atoms with Gasteiger partial charge in [0, 0.05) is 18.0 Å². The van der Waals surface area contributed by atoms with E-state index in [-0.39, 0.29) is 29.5 Å². The van der Waals surface area contributed by atoms with Crippen LogP contribution in [0.3, 0.4) is 0 Å². The van der Waals surface area contributed by atoms with E-state index in [9.17, 15) is 9.90 Å². The fraction of sp³-hybridized carbons (Fsp3) is 0.500. The topological polar surface area (TPSA) is 114 Å². The number of nitrogens with one attached hydrogen (secondary N) is 1. The zero-order valence-corrected chi connectivity index (χ0v) is 10.8. The Morgan fingerprint density at radius 2 is 2.30 bits per heavy atom. The first-order chi connectivity index (χ1) is 9.63. The number of nitrogens with zero attached hydrogens (tertiary/aromatic N) is 3. The summed E-state index contributed by atoms with van der Waals surface area (Å²) in [6, 6.07) is 1.57. The van der Waals surface area contributed by atoms with Gasteiger partial charge in [0.2, 0.25) is 17.5 Å². The molecule has 2 aromatic heterocycles. The van der Waals surface area contributed by atoms with Crippen molar-refractivity contribution >= 4 is 5.91 Å². The largest absolute Gasteiger partial charge is 0.422 e. The van der Waals surface area contributed by atoms with Crippen molar-refractivity contribution in [1.82, 2.24) is 20.7 Å². The predicted octanol–water partition coefficient (Wildman–Crippen LogP) is 0.787. The Morgan fingerprint density at radius 1 is 1.50 bits per heavy atom. The molecular formula is C12H14N4O4. The van der Waals surface area contributed by atoms with Crippen LogP contribution in [0.5, 0.6) is 0 Å². The Bertz CT molecular complexity index is 586. The van der Waals surface area contributed by atoms with Gasteiger partial charge in [0.25, 0.3) is 5.91 Å². The van der Waals surface area contributed by atoms with E-state index >= 15 is 0 Å². The lowest BCUT2D eigenvalue weighted by atomic mass is 9.80. The highest BCUT2D eigenvalue weighted by molar-refractivity contribution is 5.91. The molecule has 1 unspecified atom stereocenters. The van der Waals surface area contributed by atoms with E-state index < -0.39 is 6.10 Å². The highest BCUT2D eigenvalue weighted by Gasteiger charge is 2.35. The van der Waals surface area contributed by atoms with Crippen LogP contribution in [0.2, 0.25) is 0 Å². The minimum Gasteiger partial charge on any atom is -0.422 e. The second kappa shape index (κ2) is 5.04. The first-order valence-electron chi connectivity index (χ1n) is 6.36. The van der Waals surface area contributed by atoms with E-state index in [0.29, 0.717) is 5.89 Å². The van der Waals surface area contributed by atoms with Gasteiger partial charge in [-0.1, -0.05) is 5.16 Å². The predicted molar refractivity (Wildman–Crippen MR) is 64.7 cm³/mol. The molecule has 1 aliphatic carbocycles. The fourth-order valence-electron chi connectivity index (χ4n) is 2.11. The Labute approximate surface area is 114 Å². The van der Waals surface area contributed by atoms with Gasteiger partial charge in [-0.3, -0.25) is 4.79 Å². The minimum absolute atomic E-state index is 0.0551. The van der Waals surface area contributed by atoms with E-state index in [0.717, 1.165) is 12.8 Å². The molecule has 8 nitrogen and oxygen atoms in total. The molecule has 2 N–H and O–H groups in total. The number of carbonyl (C=O) groups excluding carboxylic acids is 1. The molecule has 1 amide bonds. The zero-order valence-electron chi connectivity index (χ0n) is 10.8. The SMILES string of the molecule is CC(O)c1nnc(C2CC(NC(=O)c3ccno3)C2)o1. The van der Waals surface area contributed by atoms with Gasteiger partial charge in [-0.05, 0) is 19.8 Å². The van der Waals surface area contributed by atoms with Crippen molar-refractivity contribution in [2.75, 3.05) is 0 Å². The smallest absolute Gasteiger partial charge is 0.290 e. The highest BCUT2D eigenvalue weighted by atomic mass is 16.5. The molecule has 0 aliphatic heterocycles. The molecular weight excluding hydrogens is 264 g/mol. The number of aromatic nitrogens is 3. The third-order valence-electron chi connectivity index (χ3n) is 3.30. The quantitative estimate of drug-likeness (QED) is 0.849. The molecule has 2 heterocycles. The molecule has 0 bridgehead atoms. The average molecular weight is 278 g/mol. The number of amides is 1. The average Bonchev–Trinajstić information content (AvgIpc) is 3.03. The monoisotopic (exact) mass is 278 g/mol. The normalized spacial score (nSPS) is 23.1. The van der Waals surface area contributed by atoms with Gasteiger partial charge in [0.1, 0.15) is 6.10 Å². The van der Waals surface area contributed by atoms with Crippen molar-refractivity contribution in [3.8, 4) is 0 Å². The van der Waals surface area contributed by atoms with Crippen LogP contribution < -0.4 is 5.32 Å². The van der Waals surface area contributed by atoms with Crippen molar-refractivity contribution < 1.29 is 18.8 Å². The third kappa shape index (κ3) is 2.42. The van der Waals surface area contributed by atoms with Crippen LogP contribution >= 0.6 is 0 Å². The second-order valence-corrected chi connectivity index (χ2v) is 4.87. The molecule has 0 aromatic carbocycles. The lowest BCUT2D eigenvalue weighted by molar-refractivity contribution is 0.0864. The molecule has 1 saturated carbocycles. The summed E-state index contributed by atoms with van der Waals surface area (Å²) in [6.07, 6.45) is 2.11. The van der Waals surface area contributed by atoms with Gasteiger partial charge in [-0.25, -0.2) is 0 Å². The van der Waals surface area contributed by atoms with Crippen molar-refractivity contribution in [1.29, 1.82) is 0 Å². The summed E-state index contributed by atoms with van der Waals surface area (Å²) in [7, 11) is 0. The zero-order chi connectivity index (χ0) is 14.1. The van der Waals surface area contributed by atoms with E-state index in [1.807, 2.05) is 0 Å². The maximum atomic E-state index is 11.7. The second-order valence-electron chi connectivity index (χ2n) is 4.87. The van der Waals surface area contributed by atoms with Crippen LogP contribution in [0.1, 0.15) is 54.1 Å². The first kappa shape index (κ1) is 12.8. The number of hydrogen-bond donors (Lipinski definition) is 2. The van der Waals surface area contributed by atoms with Crippen LogP contribution in [0.15, 0.2) is 21.2 Å². The maximum absolute atomic E-state index is 11.7. The standard InChI is InChI=1S/C12H14N4O4/c1-6(17)11-15-16-12(19-11)7-4-8(5-7)14-10(18)9-2-3-13-20-9/h2-3,6-8,17H,4-5H2,1H3,(H,14,18). The molecule has 1 aliphatic rings. The van der Waals surface area contributed by atoms with E-state index in [4.69, 9.17) is 8.94 Å². The summed E-state index contributed by atoms with van der Waals surface area (Å²) in [6.45, 7) is 1.57. The van der Waals surface area contributed by atoms with Crippen LogP contribution in [-0.2, 0) is 0 Å². The van der Waals surface area contributed by atoms with Crippen molar-refractivity contribution in [3.05, 3.63) is 29.8 Å². The fourth-order valence-corrected chi connectivity index (χ4v) is 2.11. The summed E-state index contributed by atoms with van der Waals surface area (Å²) in [5.41, 5.74) is 0. The molecule has 2 aromatic rings. The molecule has 0 saturated heterocycles. The van der Waals surface area contributed by atoms with Crippen LogP contribution in [-0.4, -0.2) is 32.4 Å². The Kier molecular flexibility index (Phi) is 3.23. The number of hydrogen-bond acceptors (Lipinski definition) is 7. The molecule has 20 heavy (non-hydrogen) atoms. The summed E-state index contributed by atoms with van der Waals surface area (Å²) in [5.74, 6) is 0.763. The summed E-state index contributed by atoms with van der Waals surface area (Å²) in [5, 5.41) is 23.3. The first-order valence-corrected chi connectivity index (χ1v) is 6.36. The lowest BCUT2D eigenvalue weighted by Crippen LogP contribution is -2.43.